The molecule has 3 aromatic carbocycles. The number of para-hydroxylation sites is 1. The van der Waals surface area contributed by atoms with Gasteiger partial charge in [0.05, 0.1) is 22.8 Å². The summed E-state index contributed by atoms with van der Waals surface area (Å²) in [6.07, 6.45) is 3.11. The van der Waals surface area contributed by atoms with Crippen LogP contribution in [-0.2, 0) is 22.7 Å². The van der Waals surface area contributed by atoms with Crippen molar-refractivity contribution < 1.29 is 19.4 Å². The third kappa shape index (κ3) is 4.37. The van der Waals surface area contributed by atoms with Gasteiger partial charge >= 0.3 is 11.4 Å². The highest BCUT2D eigenvalue weighted by Gasteiger charge is 2.45. The Bertz CT molecular complexity index is 2030. The van der Waals surface area contributed by atoms with Crippen molar-refractivity contribution in [3.63, 3.8) is 0 Å². The van der Waals surface area contributed by atoms with E-state index >= 15 is 0 Å². The standard InChI is InChI=1S/C33H24BrN3O6/c34-25-17-28(39)30-24(31(25)40)16-26-22(13-14-35-32(41)36(33(42)37(26)35)20-9-5-2-6-10-20)29(30)23-12-11-21(15-27(23)38)43-18-19-7-3-1-4-8-19/h1-13,15,17,26,29,38H,14,16,18H2. The third-order valence-corrected chi connectivity index (χ3v) is 8.76. The number of halogens is 1. The number of phenolic OH excluding ortho intramolecular Hbond substituents is 1. The summed E-state index contributed by atoms with van der Waals surface area (Å²) in [6, 6.07) is 22.4. The smallest absolute Gasteiger partial charge is 0.352 e. The Kier molecular flexibility index (Phi) is 6.50. The van der Waals surface area contributed by atoms with Gasteiger partial charge in [0.2, 0.25) is 0 Å². The maximum absolute atomic E-state index is 13.8. The van der Waals surface area contributed by atoms with Crippen molar-refractivity contribution in [3.8, 4) is 17.2 Å². The SMILES string of the molecule is O=C1C=C(Br)C(=O)C2=C1C(c1ccc(OCc3ccccc3)cc1O)C1=CCn3c(=O)n(-c4ccccc4)c(=O)n3C1C2. The van der Waals surface area contributed by atoms with Crippen LogP contribution >= 0.6 is 15.9 Å². The first-order valence-corrected chi connectivity index (χ1v) is 14.5. The van der Waals surface area contributed by atoms with E-state index in [1.54, 1.807) is 42.5 Å². The van der Waals surface area contributed by atoms with Crippen LogP contribution in [0, 0.1) is 0 Å². The lowest BCUT2D eigenvalue weighted by Crippen LogP contribution is -2.40. The number of phenols is 1. The van der Waals surface area contributed by atoms with Crippen molar-refractivity contribution in [2.45, 2.75) is 31.5 Å². The molecule has 7 rings (SSSR count). The summed E-state index contributed by atoms with van der Waals surface area (Å²) >= 11 is 3.22. The third-order valence-electron chi connectivity index (χ3n) is 8.17. The number of ether oxygens (including phenoxy) is 1. The predicted octanol–water partition coefficient (Wildman–Crippen LogP) is 4.48. The van der Waals surface area contributed by atoms with Crippen molar-refractivity contribution in [1.82, 2.24) is 13.9 Å². The Hall–Kier alpha value is -4.96. The molecule has 3 aliphatic rings. The van der Waals surface area contributed by atoms with Crippen LogP contribution < -0.4 is 16.1 Å². The highest BCUT2D eigenvalue weighted by molar-refractivity contribution is 9.12. The normalized spacial score (nSPS) is 19.3. The summed E-state index contributed by atoms with van der Waals surface area (Å²) in [5.41, 5.74) is 1.91. The van der Waals surface area contributed by atoms with Crippen LogP contribution in [-0.4, -0.2) is 30.6 Å². The maximum Gasteiger partial charge on any atom is 0.352 e. The fraction of sp³-hybridized carbons (Fsp3) is 0.152. The molecule has 2 heterocycles. The van der Waals surface area contributed by atoms with Gasteiger partial charge < -0.3 is 9.84 Å². The highest BCUT2D eigenvalue weighted by atomic mass is 79.9. The van der Waals surface area contributed by atoms with Gasteiger partial charge in [0.15, 0.2) is 11.6 Å². The molecule has 214 valence electrons. The summed E-state index contributed by atoms with van der Waals surface area (Å²) in [6.45, 7) is 0.385. The van der Waals surface area contributed by atoms with E-state index in [0.717, 1.165) is 10.1 Å². The molecule has 2 unspecified atom stereocenters. The van der Waals surface area contributed by atoms with E-state index in [2.05, 4.69) is 15.9 Å². The fourth-order valence-corrected chi connectivity index (χ4v) is 6.68. The predicted molar refractivity (Wildman–Crippen MR) is 162 cm³/mol. The Morgan fingerprint density at radius 2 is 1.63 bits per heavy atom. The Labute approximate surface area is 253 Å². The topological polar surface area (TPSA) is 113 Å². The van der Waals surface area contributed by atoms with Gasteiger partial charge in [-0.2, -0.15) is 0 Å². The molecule has 0 spiro atoms. The average Bonchev–Trinajstić information content (AvgIpc) is 3.28. The lowest BCUT2D eigenvalue weighted by atomic mass is 9.68. The van der Waals surface area contributed by atoms with E-state index in [-0.39, 0.29) is 45.9 Å². The lowest BCUT2D eigenvalue weighted by molar-refractivity contribution is -0.115. The van der Waals surface area contributed by atoms with Crippen molar-refractivity contribution in [2.75, 3.05) is 0 Å². The fourth-order valence-electron chi connectivity index (χ4n) is 6.23. The first-order valence-electron chi connectivity index (χ1n) is 13.7. The number of fused-ring (bicyclic) bond motifs is 3. The van der Waals surface area contributed by atoms with Crippen LogP contribution in [0.3, 0.4) is 0 Å². The number of aromatic nitrogens is 3. The molecule has 2 aliphatic carbocycles. The zero-order valence-electron chi connectivity index (χ0n) is 22.6. The van der Waals surface area contributed by atoms with Gasteiger partial charge in [-0.25, -0.2) is 23.5 Å². The molecule has 0 saturated heterocycles. The van der Waals surface area contributed by atoms with Crippen LogP contribution in [0.25, 0.3) is 5.69 Å². The Morgan fingerprint density at radius 1 is 0.907 bits per heavy atom. The molecule has 1 aliphatic heterocycles. The molecule has 0 radical (unpaired) electrons. The van der Waals surface area contributed by atoms with E-state index in [4.69, 9.17) is 4.74 Å². The Morgan fingerprint density at radius 3 is 2.35 bits per heavy atom. The molecule has 10 heteroatoms. The number of carbonyl (C=O) groups excluding carboxylic acids is 2. The summed E-state index contributed by atoms with van der Waals surface area (Å²) in [7, 11) is 0. The van der Waals surface area contributed by atoms with E-state index in [1.807, 2.05) is 36.4 Å². The van der Waals surface area contributed by atoms with Crippen LogP contribution in [0.1, 0.15) is 29.5 Å². The summed E-state index contributed by atoms with van der Waals surface area (Å²) in [5.74, 6) is -1.22. The largest absolute Gasteiger partial charge is 0.507 e. The number of rotatable bonds is 5. The minimum atomic E-state index is -0.818. The second kappa shape index (κ2) is 10.4. The molecular weight excluding hydrogens is 614 g/mol. The summed E-state index contributed by atoms with van der Waals surface area (Å²) < 4.78 is 9.85. The van der Waals surface area contributed by atoms with Crippen LogP contribution in [0.5, 0.6) is 11.5 Å². The molecule has 4 aromatic rings. The number of ketones is 2. The number of hydrogen-bond donors (Lipinski definition) is 1. The highest BCUT2D eigenvalue weighted by Crippen LogP contribution is 2.51. The van der Waals surface area contributed by atoms with Crippen molar-refractivity contribution >= 4 is 27.5 Å². The number of nitrogens with zero attached hydrogens (tertiary/aromatic N) is 3. The van der Waals surface area contributed by atoms with Crippen molar-refractivity contribution in [3.05, 3.63) is 144 Å². The van der Waals surface area contributed by atoms with Gasteiger partial charge in [-0.15, -0.1) is 0 Å². The van der Waals surface area contributed by atoms with Crippen LogP contribution in [0.4, 0.5) is 0 Å². The average molecular weight is 638 g/mol. The first kappa shape index (κ1) is 26.9. The molecule has 0 amide bonds. The zero-order chi connectivity index (χ0) is 29.8. The monoisotopic (exact) mass is 637 g/mol. The van der Waals surface area contributed by atoms with Crippen molar-refractivity contribution in [2.24, 2.45) is 0 Å². The maximum atomic E-state index is 13.8. The Balaban J connectivity index is 1.34. The van der Waals surface area contributed by atoms with Gasteiger partial charge in [0.25, 0.3) is 0 Å². The van der Waals surface area contributed by atoms with Gasteiger partial charge in [0.1, 0.15) is 18.1 Å². The minimum Gasteiger partial charge on any atom is -0.507 e. The number of aromatic hydroxyl groups is 1. The lowest BCUT2D eigenvalue weighted by Gasteiger charge is -2.39. The summed E-state index contributed by atoms with van der Waals surface area (Å²) in [5, 5.41) is 11.3. The summed E-state index contributed by atoms with van der Waals surface area (Å²) in [4.78, 5) is 54.1. The van der Waals surface area contributed by atoms with E-state index in [1.165, 1.54) is 21.5 Å². The van der Waals surface area contributed by atoms with Gasteiger partial charge in [-0.3, -0.25) is 9.59 Å². The molecule has 1 aromatic heterocycles. The second-order valence-electron chi connectivity index (χ2n) is 10.6. The number of Topliss-reactive ketones (excluding diaryl/α,β-unsaturated/α-hetero) is 1. The molecular formula is C33H24BrN3O6. The molecule has 2 atom stereocenters. The molecule has 0 bridgehead atoms. The van der Waals surface area contributed by atoms with Gasteiger partial charge in [-0.05, 0) is 45.3 Å². The molecule has 1 N–H and O–H groups in total. The molecule has 9 nitrogen and oxygen atoms in total. The second-order valence-corrected chi connectivity index (χ2v) is 11.4. The number of benzene rings is 3. The van der Waals surface area contributed by atoms with E-state index in [0.29, 0.717) is 29.2 Å². The van der Waals surface area contributed by atoms with E-state index in [9.17, 15) is 24.3 Å². The molecule has 43 heavy (non-hydrogen) atoms. The van der Waals surface area contributed by atoms with Gasteiger partial charge in [-0.1, -0.05) is 60.7 Å². The zero-order valence-corrected chi connectivity index (χ0v) is 24.2. The number of allylic oxidation sites excluding steroid dienone is 6. The van der Waals surface area contributed by atoms with E-state index < -0.39 is 23.3 Å². The van der Waals surface area contributed by atoms with Crippen LogP contribution in [0.15, 0.2) is 122 Å². The number of hydrogen-bond acceptors (Lipinski definition) is 6. The van der Waals surface area contributed by atoms with Gasteiger partial charge in [0, 0.05) is 41.2 Å². The number of carbonyl (C=O) groups is 2. The van der Waals surface area contributed by atoms with Crippen LogP contribution in [0.2, 0.25) is 0 Å². The van der Waals surface area contributed by atoms with Crippen molar-refractivity contribution in [1.29, 1.82) is 0 Å². The first-order chi connectivity index (χ1) is 20.8. The molecule has 0 fully saturated rings. The molecule has 0 saturated carbocycles. The minimum absolute atomic E-state index is 0.0440. The quantitative estimate of drug-likeness (QED) is 0.255.